The highest BCUT2D eigenvalue weighted by Gasteiger charge is 2.27. The Labute approximate surface area is 151 Å². The summed E-state index contributed by atoms with van der Waals surface area (Å²) in [5.41, 5.74) is 1.75. The number of esters is 1. The summed E-state index contributed by atoms with van der Waals surface area (Å²) >= 11 is 3.20. The van der Waals surface area contributed by atoms with Gasteiger partial charge < -0.3 is 15.2 Å². The fourth-order valence-corrected chi connectivity index (χ4v) is 2.92. The summed E-state index contributed by atoms with van der Waals surface area (Å²) in [6, 6.07) is 9.21. The Bertz CT molecular complexity index is 893. The molecule has 0 radical (unpaired) electrons. The number of ketones is 1. The maximum atomic E-state index is 12.3. The number of fused-ring (bicyclic) bond motifs is 1. The van der Waals surface area contributed by atoms with E-state index in [1.165, 1.54) is 12.1 Å². The molecule has 0 fully saturated rings. The van der Waals surface area contributed by atoms with Gasteiger partial charge in [0.1, 0.15) is 11.3 Å². The number of anilines is 1. The second-order valence-corrected chi connectivity index (χ2v) is 6.59. The number of hydrogen-bond donors (Lipinski definition) is 2. The van der Waals surface area contributed by atoms with Crippen LogP contribution in [0.25, 0.3) is 0 Å². The van der Waals surface area contributed by atoms with Gasteiger partial charge in [-0.15, -0.1) is 0 Å². The number of ether oxygens (including phenoxy) is 1. The molecule has 0 spiro atoms. The number of halogens is 1. The number of rotatable bonds is 4. The summed E-state index contributed by atoms with van der Waals surface area (Å²) in [5.74, 6) is -1.85. The molecule has 0 aromatic heterocycles. The molecule has 6 nitrogen and oxygen atoms in total. The Morgan fingerprint density at radius 1 is 1.24 bits per heavy atom. The SMILES string of the molecule is C[C@H]1C(=O)Nc2ccc(C(=O)COC(=O)c3cc(Br)ccc3O)cc21. The lowest BCUT2D eigenvalue weighted by molar-refractivity contribution is -0.116. The van der Waals surface area contributed by atoms with E-state index >= 15 is 0 Å². The predicted molar refractivity (Wildman–Crippen MR) is 93.9 cm³/mol. The number of benzene rings is 2. The molecule has 1 aliphatic rings. The first kappa shape index (κ1) is 17.2. The van der Waals surface area contributed by atoms with E-state index in [1.807, 2.05) is 0 Å². The molecule has 1 amide bonds. The Kier molecular flexibility index (Phi) is 4.59. The van der Waals surface area contributed by atoms with Gasteiger partial charge in [-0.25, -0.2) is 4.79 Å². The van der Waals surface area contributed by atoms with Gasteiger partial charge in [0, 0.05) is 15.7 Å². The Morgan fingerprint density at radius 3 is 2.76 bits per heavy atom. The molecule has 3 rings (SSSR count). The van der Waals surface area contributed by atoms with Crippen LogP contribution >= 0.6 is 15.9 Å². The molecule has 2 N–H and O–H groups in total. The Morgan fingerprint density at radius 2 is 2.00 bits per heavy atom. The van der Waals surface area contributed by atoms with Crippen molar-refractivity contribution in [1.82, 2.24) is 0 Å². The number of hydrogen-bond acceptors (Lipinski definition) is 5. The van der Waals surface area contributed by atoms with E-state index in [2.05, 4.69) is 21.2 Å². The lowest BCUT2D eigenvalue weighted by atomic mass is 9.99. The molecule has 25 heavy (non-hydrogen) atoms. The predicted octanol–water partition coefficient (Wildman–Crippen LogP) is 3.25. The monoisotopic (exact) mass is 403 g/mol. The van der Waals surface area contributed by atoms with Crippen LogP contribution in [0.3, 0.4) is 0 Å². The van der Waals surface area contributed by atoms with Gasteiger partial charge >= 0.3 is 5.97 Å². The standard InChI is InChI=1S/C18H14BrNO5/c1-9-12-6-10(2-4-14(12)20-17(9)23)16(22)8-25-18(24)13-7-11(19)3-5-15(13)21/h2-7,9,21H,8H2,1H3,(H,20,23)/t9-/m1/s1. The van der Waals surface area contributed by atoms with Crippen LogP contribution in [0.15, 0.2) is 40.9 Å². The van der Waals surface area contributed by atoms with Crippen molar-refractivity contribution in [2.45, 2.75) is 12.8 Å². The van der Waals surface area contributed by atoms with Crippen molar-refractivity contribution in [3.05, 3.63) is 57.6 Å². The van der Waals surface area contributed by atoms with Crippen molar-refractivity contribution < 1.29 is 24.2 Å². The fourth-order valence-electron chi connectivity index (χ4n) is 2.55. The molecule has 0 saturated carbocycles. The topological polar surface area (TPSA) is 92.7 Å². The minimum atomic E-state index is -0.793. The van der Waals surface area contributed by atoms with Gasteiger partial charge in [0.2, 0.25) is 5.91 Å². The van der Waals surface area contributed by atoms with Crippen LogP contribution in [0, 0.1) is 0 Å². The largest absolute Gasteiger partial charge is 0.507 e. The Balaban J connectivity index is 1.70. The minimum absolute atomic E-state index is 0.0282. The normalized spacial score (nSPS) is 15.4. The van der Waals surface area contributed by atoms with Crippen LogP contribution in [0.1, 0.15) is 39.1 Å². The van der Waals surface area contributed by atoms with Crippen LogP contribution in [0.4, 0.5) is 5.69 Å². The average Bonchev–Trinajstić information content (AvgIpc) is 2.88. The van der Waals surface area contributed by atoms with Crippen LogP contribution in [0.2, 0.25) is 0 Å². The zero-order chi connectivity index (χ0) is 18.1. The third-order valence-electron chi connectivity index (χ3n) is 4.00. The number of aromatic hydroxyl groups is 1. The van der Waals surface area contributed by atoms with Crippen molar-refractivity contribution in [1.29, 1.82) is 0 Å². The second-order valence-electron chi connectivity index (χ2n) is 5.67. The van der Waals surface area contributed by atoms with Gasteiger partial charge in [0.25, 0.3) is 0 Å². The summed E-state index contributed by atoms with van der Waals surface area (Å²) < 4.78 is 5.60. The highest BCUT2D eigenvalue weighted by molar-refractivity contribution is 9.10. The van der Waals surface area contributed by atoms with Gasteiger partial charge in [0.15, 0.2) is 12.4 Å². The van der Waals surface area contributed by atoms with Gasteiger partial charge in [-0.3, -0.25) is 9.59 Å². The Hall–Kier alpha value is -2.67. The molecule has 128 valence electrons. The van der Waals surface area contributed by atoms with Gasteiger partial charge in [-0.1, -0.05) is 15.9 Å². The number of phenols is 1. The van der Waals surface area contributed by atoms with E-state index < -0.39 is 18.4 Å². The first-order chi connectivity index (χ1) is 11.9. The van der Waals surface area contributed by atoms with E-state index in [0.717, 1.165) is 5.56 Å². The van der Waals surface area contributed by atoms with Crippen LogP contribution < -0.4 is 5.32 Å². The number of carbonyl (C=O) groups is 3. The molecule has 0 bridgehead atoms. The number of phenolic OH excluding ortho intramolecular Hbond substituents is 1. The third-order valence-corrected chi connectivity index (χ3v) is 4.50. The molecule has 2 aromatic rings. The van der Waals surface area contributed by atoms with Crippen LogP contribution in [-0.2, 0) is 9.53 Å². The summed E-state index contributed by atoms with van der Waals surface area (Å²) in [7, 11) is 0. The summed E-state index contributed by atoms with van der Waals surface area (Å²) in [4.78, 5) is 35.9. The van der Waals surface area contributed by atoms with E-state index in [9.17, 15) is 19.5 Å². The molecular weight excluding hydrogens is 390 g/mol. The average molecular weight is 404 g/mol. The van der Waals surface area contributed by atoms with E-state index in [-0.39, 0.29) is 23.1 Å². The van der Waals surface area contributed by atoms with Crippen LogP contribution in [0.5, 0.6) is 5.75 Å². The number of Topliss-reactive ketones (excluding diaryl/α,β-unsaturated/α-hetero) is 1. The molecule has 2 aromatic carbocycles. The zero-order valence-electron chi connectivity index (χ0n) is 13.2. The molecule has 1 aliphatic heterocycles. The highest BCUT2D eigenvalue weighted by atomic mass is 79.9. The fraction of sp³-hybridized carbons (Fsp3) is 0.167. The maximum absolute atomic E-state index is 12.3. The summed E-state index contributed by atoms with van der Waals surface area (Å²) in [6.45, 7) is 1.30. The molecular formula is C18H14BrNO5. The van der Waals surface area contributed by atoms with Gasteiger partial charge in [0.05, 0.1) is 5.92 Å². The van der Waals surface area contributed by atoms with Crippen LogP contribution in [-0.4, -0.2) is 29.4 Å². The van der Waals surface area contributed by atoms with Crippen molar-refractivity contribution in [3.8, 4) is 5.75 Å². The number of amides is 1. The summed E-state index contributed by atoms with van der Waals surface area (Å²) in [5, 5.41) is 12.4. The third kappa shape index (κ3) is 3.41. The molecule has 1 heterocycles. The van der Waals surface area contributed by atoms with Crippen molar-refractivity contribution in [3.63, 3.8) is 0 Å². The zero-order valence-corrected chi connectivity index (χ0v) is 14.8. The second kappa shape index (κ2) is 6.68. The van der Waals surface area contributed by atoms with E-state index in [1.54, 1.807) is 31.2 Å². The van der Waals surface area contributed by atoms with Gasteiger partial charge in [-0.05, 0) is 48.9 Å². The molecule has 0 saturated heterocycles. The molecule has 1 atom stereocenters. The maximum Gasteiger partial charge on any atom is 0.342 e. The molecule has 0 unspecified atom stereocenters. The smallest absolute Gasteiger partial charge is 0.342 e. The van der Waals surface area contributed by atoms with Crippen molar-refractivity contribution in [2.75, 3.05) is 11.9 Å². The van der Waals surface area contributed by atoms with Crippen molar-refractivity contribution >= 4 is 39.3 Å². The lowest BCUT2D eigenvalue weighted by Gasteiger charge is -2.08. The molecule has 7 heteroatoms. The quantitative estimate of drug-likeness (QED) is 0.603. The first-order valence-electron chi connectivity index (χ1n) is 7.50. The first-order valence-corrected chi connectivity index (χ1v) is 8.30. The van der Waals surface area contributed by atoms with Crippen molar-refractivity contribution in [2.24, 2.45) is 0 Å². The minimum Gasteiger partial charge on any atom is -0.507 e. The lowest BCUT2D eigenvalue weighted by Crippen LogP contribution is -2.14. The number of nitrogens with one attached hydrogen (secondary N) is 1. The number of carbonyl (C=O) groups excluding carboxylic acids is 3. The van der Waals surface area contributed by atoms with Gasteiger partial charge in [-0.2, -0.15) is 0 Å². The highest BCUT2D eigenvalue weighted by Crippen LogP contribution is 2.32. The molecule has 0 aliphatic carbocycles. The van der Waals surface area contributed by atoms with E-state index in [0.29, 0.717) is 15.7 Å². The summed E-state index contributed by atoms with van der Waals surface area (Å²) in [6.07, 6.45) is 0. The van der Waals surface area contributed by atoms with E-state index in [4.69, 9.17) is 4.74 Å².